The molecule has 3 saturated carbocycles. The molecule has 3 fully saturated rings. The molecule has 0 aromatic heterocycles. The lowest BCUT2D eigenvalue weighted by Crippen LogP contribution is -2.46. The number of benzene rings is 4. The predicted octanol–water partition coefficient (Wildman–Crippen LogP) is 17.5. The molecular weight excluding hydrogens is 769 g/mol. The number of ether oxygens (including phenoxy) is 2. The first kappa shape index (κ1) is 49.8. The van der Waals surface area contributed by atoms with Crippen molar-refractivity contribution in [3.63, 3.8) is 0 Å². The molecule has 2 bridgehead atoms. The summed E-state index contributed by atoms with van der Waals surface area (Å²) in [4.78, 5) is 0. The van der Waals surface area contributed by atoms with Crippen molar-refractivity contribution >= 4 is 11.4 Å². The molecule has 4 aliphatic carbocycles. The van der Waals surface area contributed by atoms with E-state index >= 15 is 0 Å². The first-order valence-corrected chi connectivity index (χ1v) is 25.2. The number of hydrogen-bond acceptors (Lipinski definition) is 4. The van der Waals surface area contributed by atoms with Crippen molar-refractivity contribution in [2.75, 3.05) is 11.5 Å². The lowest BCUT2D eigenvalue weighted by Gasteiger charge is -2.54. The standard InChI is InChI=1S/C50H62N2O2.C4H10.C3H8.C2H6/c1-34(2)6-5-7-35(3)46-26-27-47-36-8-9-39-33-50(31-30-49(39,32-36)29-28-48(46,47)4,37-10-18-42(19-11-37)53-44-22-14-40(51)15-23-44)38-12-20-43(21-13-38)54-45-24-16-41(52)17-25-45;1-4(2)3;1-3-2;1-2/h8-25,34-36,39,46-47H,5-7,26-33,51-52H2,1-4H3;4H,1-3H3;3H2,1-2H3;1-2H3. The third kappa shape index (κ3) is 12.1. The fourth-order valence-corrected chi connectivity index (χ4v) is 12.0. The van der Waals surface area contributed by atoms with Gasteiger partial charge in [0.2, 0.25) is 0 Å². The van der Waals surface area contributed by atoms with Crippen molar-refractivity contribution in [3.8, 4) is 23.0 Å². The number of fused-ring (bicyclic) bond motifs is 3. The largest absolute Gasteiger partial charge is 0.457 e. The van der Waals surface area contributed by atoms with E-state index in [9.17, 15) is 0 Å². The van der Waals surface area contributed by atoms with Gasteiger partial charge in [-0.15, -0.1) is 0 Å². The van der Waals surface area contributed by atoms with E-state index in [0.29, 0.717) is 16.7 Å². The molecule has 4 aromatic carbocycles. The molecule has 0 radical (unpaired) electrons. The van der Waals surface area contributed by atoms with Crippen LogP contribution in [-0.4, -0.2) is 0 Å². The van der Waals surface area contributed by atoms with Gasteiger partial charge in [0.1, 0.15) is 23.0 Å². The Bertz CT molecular complexity index is 1870. The minimum atomic E-state index is -0.105. The number of allylic oxidation sites excluding steroid dienone is 2. The highest BCUT2D eigenvalue weighted by Gasteiger charge is 2.59. The van der Waals surface area contributed by atoms with Crippen LogP contribution < -0.4 is 20.9 Å². The van der Waals surface area contributed by atoms with E-state index in [-0.39, 0.29) is 5.41 Å². The first-order valence-electron chi connectivity index (χ1n) is 25.2. The Balaban J connectivity index is 0.000000768. The molecule has 4 aliphatic rings. The predicted molar refractivity (Wildman–Crippen MR) is 272 cm³/mol. The van der Waals surface area contributed by atoms with Gasteiger partial charge in [0.05, 0.1) is 0 Å². The van der Waals surface area contributed by atoms with Gasteiger partial charge in [-0.3, -0.25) is 0 Å². The Labute approximate surface area is 385 Å². The number of nitrogens with two attached hydrogens (primary N) is 2. The molecule has 4 aromatic rings. The van der Waals surface area contributed by atoms with Crippen LogP contribution >= 0.6 is 0 Å². The molecule has 7 atom stereocenters. The van der Waals surface area contributed by atoms with E-state index in [1.54, 1.807) is 0 Å². The number of hydrogen-bond donors (Lipinski definition) is 2. The second-order valence-corrected chi connectivity index (χ2v) is 20.9. The minimum absolute atomic E-state index is 0.105. The van der Waals surface area contributed by atoms with Crippen molar-refractivity contribution in [2.24, 2.45) is 52.3 Å². The maximum Gasteiger partial charge on any atom is 0.127 e. The molecule has 0 heterocycles. The topological polar surface area (TPSA) is 70.5 Å². The van der Waals surface area contributed by atoms with Crippen molar-refractivity contribution < 1.29 is 9.47 Å². The van der Waals surface area contributed by atoms with Crippen LogP contribution in [-0.2, 0) is 5.41 Å². The molecule has 1 spiro atoms. The Morgan fingerprint density at radius 2 is 1.03 bits per heavy atom. The summed E-state index contributed by atoms with van der Waals surface area (Å²) < 4.78 is 12.5. The smallest absolute Gasteiger partial charge is 0.127 e. The molecule has 0 saturated heterocycles. The maximum atomic E-state index is 6.26. The van der Waals surface area contributed by atoms with Crippen molar-refractivity contribution in [2.45, 2.75) is 159 Å². The fraction of sp³-hybridized carbons (Fsp3) is 0.559. The summed E-state index contributed by atoms with van der Waals surface area (Å²) in [5.74, 6) is 8.72. The van der Waals surface area contributed by atoms with E-state index in [4.69, 9.17) is 20.9 Å². The van der Waals surface area contributed by atoms with Crippen LogP contribution in [0.2, 0.25) is 0 Å². The number of nitrogen functional groups attached to an aromatic ring is 2. The molecule has 4 N–H and O–H groups in total. The van der Waals surface area contributed by atoms with Crippen molar-refractivity contribution in [1.82, 2.24) is 0 Å². The van der Waals surface area contributed by atoms with E-state index < -0.39 is 0 Å². The molecule has 344 valence electrons. The van der Waals surface area contributed by atoms with Gasteiger partial charge in [-0.05, 0) is 188 Å². The van der Waals surface area contributed by atoms with Crippen LogP contribution in [0.3, 0.4) is 0 Å². The average molecular weight is 855 g/mol. The summed E-state index contributed by atoms with van der Waals surface area (Å²) in [6.45, 7) is 24.8. The third-order valence-corrected chi connectivity index (χ3v) is 15.0. The summed E-state index contributed by atoms with van der Waals surface area (Å²) in [6, 6.07) is 33.2. The summed E-state index contributed by atoms with van der Waals surface area (Å²) in [5.41, 5.74) is 16.8. The van der Waals surface area contributed by atoms with Gasteiger partial charge in [0, 0.05) is 16.8 Å². The lowest BCUT2D eigenvalue weighted by atomic mass is 9.50. The quantitative estimate of drug-likeness (QED) is 0.116. The van der Waals surface area contributed by atoms with Crippen LogP contribution in [0.15, 0.2) is 109 Å². The van der Waals surface area contributed by atoms with Gasteiger partial charge in [-0.2, -0.15) is 0 Å². The van der Waals surface area contributed by atoms with Gasteiger partial charge in [0.15, 0.2) is 0 Å². The monoisotopic (exact) mass is 855 g/mol. The van der Waals surface area contributed by atoms with Crippen LogP contribution in [0, 0.1) is 52.3 Å². The highest BCUT2D eigenvalue weighted by atomic mass is 16.5. The Kier molecular flexibility index (Phi) is 17.9. The molecule has 0 amide bonds. The third-order valence-electron chi connectivity index (χ3n) is 15.0. The van der Waals surface area contributed by atoms with E-state index in [1.807, 2.05) is 62.4 Å². The fourth-order valence-electron chi connectivity index (χ4n) is 12.0. The van der Waals surface area contributed by atoms with Gasteiger partial charge in [-0.25, -0.2) is 0 Å². The molecule has 4 heteroatoms. The number of anilines is 2. The molecule has 7 unspecified atom stereocenters. The van der Waals surface area contributed by atoms with Gasteiger partial charge in [-0.1, -0.05) is 138 Å². The zero-order chi connectivity index (χ0) is 45.8. The molecular formula is C59H86N2O2. The van der Waals surface area contributed by atoms with Crippen LogP contribution in [0.5, 0.6) is 23.0 Å². The second-order valence-electron chi connectivity index (χ2n) is 20.9. The van der Waals surface area contributed by atoms with Gasteiger partial charge >= 0.3 is 0 Å². The van der Waals surface area contributed by atoms with E-state index in [1.165, 1.54) is 75.3 Å². The minimum Gasteiger partial charge on any atom is -0.457 e. The second kappa shape index (κ2) is 22.6. The van der Waals surface area contributed by atoms with E-state index in [0.717, 1.165) is 82.7 Å². The van der Waals surface area contributed by atoms with Crippen LogP contribution in [0.4, 0.5) is 11.4 Å². The van der Waals surface area contributed by atoms with Gasteiger partial charge < -0.3 is 20.9 Å². The highest BCUT2D eigenvalue weighted by Crippen LogP contribution is 2.68. The zero-order valence-corrected chi connectivity index (χ0v) is 41.4. The molecule has 8 rings (SSSR count). The molecule has 0 aliphatic heterocycles. The Hall–Kier alpha value is -4.18. The Morgan fingerprint density at radius 3 is 1.49 bits per heavy atom. The average Bonchev–Trinajstić information content (AvgIpc) is 3.58. The summed E-state index contributed by atoms with van der Waals surface area (Å²) in [7, 11) is 0. The Morgan fingerprint density at radius 1 is 0.587 bits per heavy atom. The lowest BCUT2D eigenvalue weighted by molar-refractivity contribution is 0.0488. The summed E-state index contributed by atoms with van der Waals surface area (Å²) >= 11 is 0. The molecule has 63 heavy (non-hydrogen) atoms. The SMILES string of the molecule is CC.CC(C)C.CC(C)CCCC(C)C1CCC2C3C=CC4CC(c5ccc(Oc6ccc(N)cc6)cc5)(c5ccc(Oc6ccc(N)cc6)cc5)CCC4(CCC12C)C3.CCC. The van der Waals surface area contributed by atoms with Crippen molar-refractivity contribution in [1.29, 1.82) is 0 Å². The highest BCUT2D eigenvalue weighted by molar-refractivity contribution is 5.48. The van der Waals surface area contributed by atoms with Crippen LogP contribution in [0.25, 0.3) is 0 Å². The summed E-state index contributed by atoms with van der Waals surface area (Å²) in [5, 5.41) is 0. The number of rotatable bonds is 11. The summed E-state index contributed by atoms with van der Waals surface area (Å²) in [6.07, 6.45) is 21.4. The molecule has 4 nitrogen and oxygen atoms in total. The maximum absolute atomic E-state index is 6.26. The van der Waals surface area contributed by atoms with Crippen LogP contribution in [0.1, 0.15) is 164 Å². The normalized spacial score (nSPS) is 25.7. The van der Waals surface area contributed by atoms with Gasteiger partial charge in [0.25, 0.3) is 0 Å². The van der Waals surface area contributed by atoms with E-state index in [2.05, 4.69) is 123 Å². The zero-order valence-electron chi connectivity index (χ0n) is 41.4. The van der Waals surface area contributed by atoms with Crippen molar-refractivity contribution in [3.05, 3.63) is 120 Å². The first-order chi connectivity index (χ1) is 30.2.